The van der Waals surface area contributed by atoms with Crippen LogP contribution >= 0.6 is 11.8 Å². The molecule has 0 bridgehead atoms. The Morgan fingerprint density at radius 2 is 2.04 bits per heavy atom. The first-order valence-corrected chi connectivity index (χ1v) is 9.12. The highest BCUT2D eigenvalue weighted by molar-refractivity contribution is 7.98. The van der Waals surface area contributed by atoms with Crippen LogP contribution in [0, 0.1) is 0 Å². The third-order valence-corrected chi connectivity index (χ3v) is 4.02. The molecule has 1 aromatic carbocycles. The molecule has 0 aliphatic carbocycles. The maximum absolute atomic E-state index is 12.4. The smallest absolute Gasteiger partial charge is 0.270 e. The number of para-hydroxylation sites is 1. The summed E-state index contributed by atoms with van der Waals surface area (Å²) >= 11 is 1.61. The predicted octanol–water partition coefficient (Wildman–Crippen LogP) is 2.15. The zero-order valence-electron chi connectivity index (χ0n) is 13.7. The Labute approximate surface area is 145 Å². The van der Waals surface area contributed by atoms with E-state index in [-0.39, 0.29) is 17.5 Å². The average molecular weight is 347 g/mol. The van der Waals surface area contributed by atoms with Crippen molar-refractivity contribution in [3.8, 4) is 0 Å². The van der Waals surface area contributed by atoms with Crippen LogP contribution in [0.3, 0.4) is 0 Å². The monoisotopic (exact) mass is 347 g/mol. The van der Waals surface area contributed by atoms with Crippen molar-refractivity contribution in [2.45, 2.75) is 19.4 Å². The van der Waals surface area contributed by atoms with Crippen LogP contribution in [0.2, 0.25) is 0 Å². The van der Waals surface area contributed by atoms with Crippen LogP contribution in [0.15, 0.2) is 36.4 Å². The molecule has 2 aromatic rings. The summed E-state index contributed by atoms with van der Waals surface area (Å²) in [5.41, 5.74) is 3.37. The zero-order valence-corrected chi connectivity index (χ0v) is 14.6. The number of rotatable bonds is 8. The molecule has 0 unspecified atom stereocenters. The normalized spacial score (nSPS) is 11.9. The van der Waals surface area contributed by atoms with E-state index in [1.807, 2.05) is 36.6 Å². The topological polar surface area (TPSA) is 80.3 Å². The minimum atomic E-state index is -0.662. The number of hydrogen-bond donors (Lipinski definition) is 2. The number of benzene rings is 1. The lowest BCUT2D eigenvalue weighted by molar-refractivity contribution is -0.135. The lowest BCUT2D eigenvalue weighted by Crippen LogP contribution is -2.47. The summed E-state index contributed by atoms with van der Waals surface area (Å²) in [4.78, 5) is 33.8. The van der Waals surface area contributed by atoms with Crippen molar-refractivity contribution in [3.05, 3.63) is 42.1 Å². The zero-order chi connectivity index (χ0) is 17.4. The van der Waals surface area contributed by atoms with Gasteiger partial charge in [-0.15, -0.1) is 0 Å². The molecule has 2 amide bonds. The van der Waals surface area contributed by atoms with E-state index in [4.69, 9.17) is 4.84 Å². The van der Waals surface area contributed by atoms with Crippen LogP contribution in [-0.4, -0.2) is 41.5 Å². The highest BCUT2D eigenvalue weighted by atomic mass is 32.2. The first-order chi connectivity index (χ1) is 11.7. The minimum absolute atomic E-state index is 0.284. The summed E-state index contributed by atoms with van der Waals surface area (Å²) in [7, 11) is 0. The standard InChI is InChI=1S/C17H21N3O3S/c1-3-23-20-17(22)15(10-11-24-2)19-16(21)14-9-8-12-6-4-5-7-13(12)18-14/h4-9,15H,3,10-11H2,1-2H3,(H,19,21)(H,20,22)/t15-/m1/s1. The van der Waals surface area contributed by atoms with E-state index in [1.165, 1.54) is 0 Å². The summed E-state index contributed by atoms with van der Waals surface area (Å²) in [6.07, 6.45) is 2.46. The molecule has 1 aromatic heterocycles. The summed E-state index contributed by atoms with van der Waals surface area (Å²) in [6.45, 7) is 2.13. The van der Waals surface area contributed by atoms with Gasteiger partial charge >= 0.3 is 0 Å². The number of carbonyl (C=O) groups excluding carboxylic acids is 2. The second kappa shape index (κ2) is 9.24. The van der Waals surface area contributed by atoms with E-state index >= 15 is 0 Å². The number of hydroxylamine groups is 1. The van der Waals surface area contributed by atoms with E-state index in [1.54, 1.807) is 24.8 Å². The van der Waals surface area contributed by atoms with Gasteiger partial charge in [-0.25, -0.2) is 10.5 Å². The third kappa shape index (κ3) is 4.94. The van der Waals surface area contributed by atoms with Crippen molar-refractivity contribution in [1.82, 2.24) is 15.8 Å². The van der Waals surface area contributed by atoms with Crippen molar-refractivity contribution < 1.29 is 14.4 Å². The second-order valence-electron chi connectivity index (χ2n) is 5.10. The van der Waals surface area contributed by atoms with E-state index in [9.17, 15) is 9.59 Å². The molecule has 0 saturated carbocycles. The van der Waals surface area contributed by atoms with Gasteiger partial charge in [-0.2, -0.15) is 11.8 Å². The van der Waals surface area contributed by atoms with Gasteiger partial charge < -0.3 is 5.32 Å². The molecule has 7 heteroatoms. The molecule has 0 radical (unpaired) electrons. The van der Waals surface area contributed by atoms with Gasteiger partial charge in [0, 0.05) is 5.39 Å². The SMILES string of the molecule is CCONC(=O)[C@@H](CCSC)NC(=O)c1ccc2ccccc2n1. The Hall–Kier alpha value is -2.12. The summed E-state index contributed by atoms with van der Waals surface area (Å²) in [6, 6.07) is 10.4. The number of hydrogen-bond acceptors (Lipinski definition) is 5. The van der Waals surface area contributed by atoms with Gasteiger partial charge in [0.2, 0.25) is 0 Å². The molecule has 0 saturated heterocycles. The Balaban J connectivity index is 2.10. The van der Waals surface area contributed by atoms with E-state index < -0.39 is 6.04 Å². The minimum Gasteiger partial charge on any atom is -0.339 e. The molecule has 24 heavy (non-hydrogen) atoms. The van der Waals surface area contributed by atoms with Crippen LogP contribution in [0.4, 0.5) is 0 Å². The molecule has 128 valence electrons. The van der Waals surface area contributed by atoms with E-state index in [0.717, 1.165) is 16.7 Å². The number of nitrogens with zero attached hydrogens (tertiary/aromatic N) is 1. The average Bonchev–Trinajstić information content (AvgIpc) is 2.62. The first-order valence-electron chi connectivity index (χ1n) is 7.73. The number of nitrogens with one attached hydrogen (secondary N) is 2. The Kier molecular flexibility index (Phi) is 7.02. The highest BCUT2D eigenvalue weighted by Gasteiger charge is 2.22. The van der Waals surface area contributed by atoms with Crippen LogP contribution in [0.5, 0.6) is 0 Å². The van der Waals surface area contributed by atoms with Crippen molar-refractivity contribution in [2.75, 3.05) is 18.6 Å². The molecular formula is C17H21N3O3S. The Morgan fingerprint density at radius 3 is 2.79 bits per heavy atom. The molecule has 0 aliphatic rings. The number of fused-ring (bicyclic) bond motifs is 1. The summed E-state index contributed by atoms with van der Waals surface area (Å²) < 4.78 is 0. The largest absolute Gasteiger partial charge is 0.339 e. The van der Waals surface area contributed by atoms with Crippen LogP contribution in [0.25, 0.3) is 10.9 Å². The quantitative estimate of drug-likeness (QED) is 0.715. The van der Waals surface area contributed by atoms with Gasteiger partial charge in [-0.05, 0) is 37.5 Å². The van der Waals surface area contributed by atoms with Gasteiger partial charge in [0.15, 0.2) is 0 Å². The highest BCUT2D eigenvalue weighted by Crippen LogP contribution is 2.12. The van der Waals surface area contributed by atoms with Crippen molar-refractivity contribution in [3.63, 3.8) is 0 Å². The van der Waals surface area contributed by atoms with Crippen LogP contribution in [0.1, 0.15) is 23.8 Å². The maximum Gasteiger partial charge on any atom is 0.270 e. The fourth-order valence-electron chi connectivity index (χ4n) is 2.14. The Morgan fingerprint density at radius 1 is 1.25 bits per heavy atom. The molecular weight excluding hydrogens is 326 g/mol. The number of amides is 2. The van der Waals surface area contributed by atoms with Crippen LogP contribution < -0.4 is 10.8 Å². The molecule has 6 nitrogen and oxygen atoms in total. The predicted molar refractivity (Wildman–Crippen MR) is 95.8 cm³/mol. The second-order valence-corrected chi connectivity index (χ2v) is 6.08. The van der Waals surface area contributed by atoms with Crippen molar-refractivity contribution in [2.24, 2.45) is 0 Å². The van der Waals surface area contributed by atoms with Gasteiger partial charge in [-0.3, -0.25) is 14.4 Å². The van der Waals surface area contributed by atoms with Gasteiger partial charge in [0.25, 0.3) is 11.8 Å². The lowest BCUT2D eigenvalue weighted by Gasteiger charge is -2.17. The molecule has 0 spiro atoms. The molecule has 1 heterocycles. The van der Waals surface area contributed by atoms with Gasteiger partial charge in [0.1, 0.15) is 11.7 Å². The van der Waals surface area contributed by atoms with E-state index in [2.05, 4.69) is 15.8 Å². The number of thioether (sulfide) groups is 1. The fraction of sp³-hybridized carbons (Fsp3) is 0.353. The molecule has 0 fully saturated rings. The molecule has 1 atom stereocenters. The Bertz CT molecular complexity index is 708. The maximum atomic E-state index is 12.4. The third-order valence-electron chi connectivity index (χ3n) is 3.38. The van der Waals surface area contributed by atoms with Crippen molar-refractivity contribution in [1.29, 1.82) is 0 Å². The molecule has 0 aliphatic heterocycles. The molecule has 2 N–H and O–H groups in total. The van der Waals surface area contributed by atoms with Crippen LogP contribution in [-0.2, 0) is 9.63 Å². The number of pyridine rings is 1. The van der Waals surface area contributed by atoms with Gasteiger partial charge in [-0.1, -0.05) is 24.3 Å². The van der Waals surface area contributed by atoms with Gasteiger partial charge in [0.05, 0.1) is 12.1 Å². The lowest BCUT2D eigenvalue weighted by atomic mass is 10.1. The number of carbonyl (C=O) groups is 2. The summed E-state index contributed by atoms with van der Waals surface area (Å²) in [5.74, 6) is 0.00822. The van der Waals surface area contributed by atoms with Crippen molar-refractivity contribution >= 4 is 34.5 Å². The number of aromatic nitrogens is 1. The van der Waals surface area contributed by atoms with E-state index in [0.29, 0.717) is 13.0 Å². The summed E-state index contributed by atoms with van der Waals surface area (Å²) in [5, 5.41) is 3.69. The fourth-order valence-corrected chi connectivity index (χ4v) is 2.62. The molecule has 2 rings (SSSR count). The first kappa shape index (κ1) is 18.2.